The molecule has 1 nitrogen and oxygen atoms in total. The number of benzene rings is 8. The molecule has 4 heteroatoms. The highest BCUT2D eigenvalue weighted by molar-refractivity contribution is 8.26. The lowest BCUT2D eigenvalue weighted by Crippen LogP contribution is -2.81. The first-order valence-electron chi connectivity index (χ1n) is 20.7. The first-order chi connectivity index (χ1) is 29.2. The Morgan fingerprint density at radius 2 is 1.05 bits per heavy atom. The van der Waals surface area contributed by atoms with Crippen molar-refractivity contribution >= 4 is 74.0 Å². The van der Waals surface area contributed by atoms with Crippen LogP contribution in [0.3, 0.4) is 0 Å². The number of hydrogen-bond acceptors (Lipinski definition) is 2. The second kappa shape index (κ2) is 13.2. The molecule has 0 saturated carbocycles. The average Bonchev–Trinajstić information content (AvgIpc) is 3.61. The van der Waals surface area contributed by atoms with Crippen LogP contribution in [-0.2, 0) is 17.2 Å². The standard InChI is InChI=1S/C55H40NPSSi/c58-57(40-20-4-1-5-21-40)51-34-18-19-35-53(51)59(41-22-6-2-7-23-41,42-24-8-3-9-25-42)54-38-39(36-37-52(54)57)56-49-32-16-14-30-47(49)55(48-31-15-17-33-50(48)56)45-28-12-10-26-43(45)44-27-11-13-29-46(44)55/h1-14,16-30,32-38H,15,31H2. The third-order valence-corrected chi connectivity index (χ3v) is 23.8. The fraction of sp³-hybridized carbons (Fsp3) is 0.0545. The van der Waals surface area contributed by atoms with Crippen molar-refractivity contribution < 1.29 is 0 Å². The molecule has 0 amide bonds. The van der Waals surface area contributed by atoms with Crippen LogP contribution >= 0.6 is 6.04 Å². The van der Waals surface area contributed by atoms with Crippen LogP contribution in [0, 0.1) is 0 Å². The molecule has 0 fully saturated rings. The lowest BCUT2D eigenvalue weighted by atomic mass is 9.62. The maximum Gasteiger partial charge on any atom is 0.181 e. The van der Waals surface area contributed by atoms with E-state index in [1.807, 2.05) is 0 Å². The van der Waals surface area contributed by atoms with Gasteiger partial charge in [0.1, 0.15) is 0 Å². The first-order valence-corrected chi connectivity index (χ1v) is 25.5. The summed E-state index contributed by atoms with van der Waals surface area (Å²) in [6.07, 6.45) is 6.80. The fourth-order valence-corrected chi connectivity index (χ4v) is 22.8. The Labute approximate surface area is 352 Å². The number of hydrogen-bond donors (Lipinski definition) is 0. The molecule has 0 N–H and O–H groups in total. The van der Waals surface area contributed by atoms with Crippen molar-refractivity contribution in [1.29, 1.82) is 0 Å². The summed E-state index contributed by atoms with van der Waals surface area (Å²) in [5.74, 6) is 0. The van der Waals surface area contributed by atoms with E-state index < -0.39 is 14.1 Å². The monoisotopic (exact) mass is 805 g/mol. The van der Waals surface area contributed by atoms with Crippen LogP contribution in [0.5, 0.6) is 0 Å². The molecule has 12 rings (SSSR count). The van der Waals surface area contributed by atoms with Crippen molar-refractivity contribution in [3.63, 3.8) is 0 Å². The van der Waals surface area contributed by atoms with Gasteiger partial charge in [-0.25, -0.2) is 0 Å². The lowest BCUT2D eigenvalue weighted by molar-refractivity contribution is 0.664. The summed E-state index contributed by atoms with van der Waals surface area (Å²) in [7, 11) is -2.95. The highest BCUT2D eigenvalue weighted by Gasteiger charge is 2.54. The van der Waals surface area contributed by atoms with E-state index in [0.29, 0.717) is 0 Å². The van der Waals surface area contributed by atoms with E-state index in [9.17, 15) is 0 Å². The second-order valence-electron chi connectivity index (χ2n) is 16.1. The smallest absolute Gasteiger partial charge is 0.181 e. The number of anilines is 2. The maximum absolute atomic E-state index is 7.23. The van der Waals surface area contributed by atoms with E-state index in [2.05, 4.69) is 223 Å². The zero-order valence-electron chi connectivity index (χ0n) is 32.5. The largest absolute Gasteiger partial charge is 0.310 e. The number of nitrogens with zero attached hydrogens (tertiary/aromatic N) is 1. The summed E-state index contributed by atoms with van der Waals surface area (Å²) in [5.41, 5.74) is 11.6. The van der Waals surface area contributed by atoms with Crippen LogP contribution in [-0.4, -0.2) is 8.07 Å². The molecule has 280 valence electrons. The van der Waals surface area contributed by atoms with Crippen molar-refractivity contribution in [2.75, 3.05) is 4.90 Å². The summed E-state index contributed by atoms with van der Waals surface area (Å²) in [6.45, 7) is 0. The third kappa shape index (κ3) is 4.59. The molecular weight excluding hydrogens is 766 g/mol. The van der Waals surface area contributed by atoms with Gasteiger partial charge in [-0.2, -0.15) is 0 Å². The van der Waals surface area contributed by atoms with E-state index in [1.165, 1.54) is 87.1 Å². The zero-order chi connectivity index (χ0) is 39.2. The predicted molar refractivity (Wildman–Crippen MR) is 255 cm³/mol. The normalized spacial score (nSPS) is 18.6. The molecule has 8 aromatic carbocycles. The number of allylic oxidation sites excluding steroid dienone is 3. The summed E-state index contributed by atoms with van der Waals surface area (Å²) < 4.78 is 0. The maximum atomic E-state index is 7.23. The highest BCUT2D eigenvalue weighted by Crippen LogP contribution is 2.63. The molecule has 0 bridgehead atoms. The fourth-order valence-electron chi connectivity index (χ4n) is 11.3. The van der Waals surface area contributed by atoms with Crippen molar-refractivity contribution in [3.8, 4) is 11.1 Å². The van der Waals surface area contributed by atoms with E-state index in [-0.39, 0.29) is 5.41 Å². The minimum absolute atomic E-state index is 0.380. The van der Waals surface area contributed by atoms with Crippen LogP contribution < -0.4 is 41.6 Å². The molecule has 2 heterocycles. The molecule has 1 atom stereocenters. The minimum Gasteiger partial charge on any atom is -0.310 e. The Kier molecular flexibility index (Phi) is 7.82. The van der Waals surface area contributed by atoms with Gasteiger partial charge in [0.2, 0.25) is 0 Å². The van der Waals surface area contributed by atoms with Gasteiger partial charge >= 0.3 is 0 Å². The van der Waals surface area contributed by atoms with E-state index in [0.717, 1.165) is 12.8 Å². The van der Waals surface area contributed by atoms with Crippen molar-refractivity contribution in [2.45, 2.75) is 18.3 Å². The molecule has 0 radical (unpaired) electrons. The Hall–Kier alpha value is -6.09. The SMILES string of the molecule is S=P1(c2ccccc2)c2ccccc2[Si](c2ccccc2)(c2ccccc2)c2cc(N3C4=C(CCC=C4)C4(c5ccccc5-c5ccccc54)c4ccccc43)ccc21. The van der Waals surface area contributed by atoms with Crippen molar-refractivity contribution in [2.24, 2.45) is 0 Å². The second-order valence-corrected chi connectivity index (χ2v) is 24.2. The summed E-state index contributed by atoms with van der Waals surface area (Å²) in [6, 6.07) is 75.4. The van der Waals surface area contributed by atoms with Crippen LogP contribution in [0.15, 0.2) is 230 Å². The lowest BCUT2D eigenvalue weighted by Gasteiger charge is -2.48. The molecule has 2 aliphatic carbocycles. The van der Waals surface area contributed by atoms with Gasteiger partial charge in [0.05, 0.1) is 11.1 Å². The van der Waals surface area contributed by atoms with Crippen LogP contribution in [0.4, 0.5) is 11.4 Å². The quantitative estimate of drug-likeness (QED) is 0.129. The summed E-state index contributed by atoms with van der Waals surface area (Å²) >= 11 is 7.23. The molecule has 1 unspecified atom stereocenters. The Balaban J connectivity index is 1.20. The minimum atomic E-state index is -2.95. The third-order valence-electron chi connectivity index (χ3n) is 13.5. The Morgan fingerprint density at radius 1 is 0.508 bits per heavy atom. The summed E-state index contributed by atoms with van der Waals surface area (Å²) in [4.78, 5) is 2.59. The Bertz CT molecular complexity index is 3010. The van der Waals surface area contributed by atoms with Crippen LogP contribution in [0.1, 0.15) is 29.5 Å². The molecule has 4 aliphatic rings. The molecule has 8 aromatic rings. The van der Waals surface area contributed by atoms with Gasteiger partial charge in [-0.05, 0) is 107 Å². The van der Waals surface area contributed by atoms with Gasteiger partial charge < -0.3 is 4.90 Å². The van der Waals surface area contributed by atoms with Gasteiger partial charge in [-0.3, -0.25) is 0 Å². The van der Waals surface area contributed by atoms with Gasteiger partial charge in [-0.1, -0.05) is 206 Å². The van der Waals surface area contributed by atoms with E-state index in [1.54, 1.807) is 0 Å². The molecule has 1 spiro atoms. The van der Waals surface area contributed by atoms with Gasteiger partial charge in [0.25, 0.3) is 0 Å². The average molecular weight is 806 g/mol. The van der Waals surface area contributed by atoms with Crippen LogP contribution in [0.2, 0.25) is 0 Å². The van der Waals surface area contributed by atoms with Gasteiger partial charge in [-0.15, -0.1) is 0 Å². The molecule has 0 aromatic heterocycles. The summed E-state index contributed by atoms with van der Waals surface area (Å²) in [5, 5.41) is 9.43. The zero-order valence-corrected chi connectivity index (χ0v) is 35.2. The van der Waals surface area contributed by atoms with Gasteiger partial charge in [0, 0.05) is 17.4 Å². The highest BCUT2D eigenvalue weighted by atomic mass is 32.4. The topological polar surface area (TPSA) is 3.24 Å². The molecular formula is C55H40NPSSi. The van der Waals surface area contributed by atoms with Crippen LogP contribution in [0.25, 0.3) is 11.1 Å². The van der Waals surface area contributed by atoms with Gasteiger partial charge in [0.15, 0.2) is 8.07 Å². The molecule has 59 heavy (non-hydrogen) atoms. The predicted octanol–water partition coefficient (Wildman–Crippen LogP) is 9.20. The first kappa shape index (κ1) is 34.9. The number of rotatable bonds is 4. The molecule has 2 aliphatic heterocycles. The van der Waals surface area contributed by atoms with Crippen molar-refractivity contribution in [3.05, 3.63) is 246 Å². The Morgan fingerprint density at radius 3 is 1.73 bits per heavy atom. The molecule has 0 saturated heterocycles. The number of para-hydroxylation sites is 1. The number of fused-ring (bicyclic) bond motifs is 10. The van der Waals surface area contributed by atoms with E-state index in [4.69, 9.17) is 11.8 Å². The van der Waals surface area contributed by atoms with Crippen molar-refractivity contribution in [1.82, 2.24) is 0 Å². The van der Waals surface area contributed by atoms with E-state index >= 15 is 0 Å².